The Morgan fingerprint density at radius 2 is 2.00 bits per heavy atom. The second-order valence-corrected chi connectivity index (χ2v) is 7.33. The van der Waals surface area contributed by atoms with E-state index in [-0.39, 0.29) is 12.0 Å². The highest BCUT2D eigenvalue weighted by atomic mass is 16.7. The summed E-state index contributed by atoms with van der Waals surface area (Å²) in [5.41, 5.74) is 0.584. The van der Waals surface area contributed by atoms with Crippen LogP contribution in [0.15, 0.2) is 36.4 Å². The molecular weight excluding hydrogens is 342 g/mol. The van der Waals surface area contributed by atoms with Gasteiger partial charge in [-0.25, -0.2) is 0 Å². The molecule has 4 rings (SSSR count). The Hall–Kier alpha value is -2.11. The Kier molecular flexibility index (Phi) is 5.32. The number of rotatable bonds is 5. The molecule has 1 saturated carbocycles. The highest BCUT2D eigenvalue weighted by Crippen LogP contribution is 2.37. The summed E-state index contributed by atoms with van der Waals surface area (Å²) in [5, 5.41) is 4.95. The Labute approximate surface area is 160 Å². The fourth-order valence-corrected chi connectivity index (χ4v) is 4.13. The van der Waals surface area contributed by atoms with E-state index < -0.39 is 5.79 Å². The molecule has 1 saturated heterocycles. The first-order valence-corrected chi connectivity index (χ1v) is 9.95. The summed E-state index contributed by atoms with van der Waals surface area (Å²) in [5.74, 6) is 0.0633. The highest BCUT2D eigenvalue weighted by Gasteiger charge is 2.42. The van der Waals surface area contributed by atoms with Crippen LogP contribution in [-0.4, -0.2) is 37.6 Å². The van der Waals surface area contributed by atoms with Crippen molar-refractivity contribution in [1.29, 1.82) is 0 Å². The van der Waals surface area contributed by atoms with Crippen LogP contribution in [0, 0.1) is 0 Å². The minimum Gasteiger partial charge on any atom is -0.493 e. The van der Waals surface area contributed by atoms with Crippen molar-refractivity contribution in [2.24, 2.45) is 0 Å². The van der Waals surface area contributed by atoms with Gasteiger partial charge in [-0.15, -0.1) is 0 Å². The van der Waals surface area contributed by atoms with Gasteiger partial charge < -0.3 is 19.5 Å². The Morgan fingerprint density at radius 3 is 2.81 bits per heavy atom. The third-order valence-electron chi connectivity index (χ3n) is 5.44. The van der Waals surface area contributed by atoms with Crippen LogP contribution in [0.2, 0.25) is 0 Å². The molecule has 0 radical (unpaired) electrons. The van der Waals surface area contributed by atoms with Crippen LogP contribution in [0.4, 0.5) is 0 Å². The number of nitrogens with one attached hydrogen (secondary N) is 1. The van der Waals surface area contributed by atoms with Crippen molar-refractivity contribution in [3.05, 3.63) is 42.0 Å². The number of carbonyl (C=O) groups excluding carboxylic acids is 1. The minimum absolute atomic E-state index is 0.0995. The molecule has 2 aromatic carbocycles. The molecule has 1 spiro atoms. The largest absolute Gasteiger partial charge is 0.493 e. The van der Waals surface area contributed by atoms with E-state index in [4.69, 9.17) is 14.2 Å². The molecule has 1 N–H and O–H groups in total. The summed E-state index contributed by atoms with van der Waals surface area (Å²) < 4.78 is 17.9. The molecule has 2 aliphatic rings. The molecule has 1 aliphatic carbocycles. The molecule has 1 amide bonds. The lowest BCUT2D eigenvalue weighted by Gasteiger charge is -2.31. The van der Waals surface area contributed by atoms with Gasteiger partial charge in [-0.05, 0) is 36.6 Å². The maximum Gasteiger partial charge on any atom is 0.255 e. The van der Waals surface area contributed by atoms with Gasteiger partial charge in [0.15, 0.2) is 5.79 Å². The molecule has 0 unspecified atom stereocenters. The van der Waals surface area contributed by atoms with E-state index in [1.807, 2.05) is 43.3 Å². The summed E-state index contributed by atoms with van der Waals surface area (Å²) in [6.45, 7) is 3.41. The smallest absolute Gasteiger partial charge is 0.255 e. The first-order chi connectivity index (χ1) is 13.2. The maximum absolute atomic E-state index is 13.0. The Balaban J connectivity index is 1.47. The van der Waals surface area contributed by atoms with Crippen molar-refractivity contribution >= 4 is 16.7 Å². The zero-order valence-corrected chi connectivity index (χ0v) is 15.8. The van der Waals surface area contributed by atoms with Gasteiger partial charge in [0, 0.05) is 19.4 Å². The van der Waals surface area contributed by atoms with Crippen molar-refractivity contribution in [2.75, 3.05) is 19.8 Å². The normalized spacial score (nSPS) is 21.4. The zero-order valence-electron chi connectivity index (χ0n) is 15.8. The van der Waals surface area contributed by atoms with E-state index in [1.54, 1.807) is 0 Å². The van der Waals surface area contributed by atoms with Crippen LogP contribution in [-0.2, 0) is 9.47 Å². The van der Waals surface area contributed by atoms with E-state index in [2.05, 4.69) is 5.32 Å². The number of carbonyl (C=O) groups is 1. The predicted molar refractivity (Wildman–Crippen MR) is 104 cm³/mol. The lowest BCUT2D eigenvalue weighted by molar-refractivity contribution is -0.186. The van der Waals surface area contributed by atoms with Crippen molar-refractivity contribution in [3.63, 3.8) is 0 Å². The SMILES string of the molecule is CCOc1ccc2ccccc2c1C(=O)NC[C@@H]1COC2(CCCCC2)O1. The summed E-state index contributed by atoms with van der Waals surface area (Å²) in [4.78, 5) is 13.0. The average Bonchev–Trinajstić information content (AvgIpc) is 3.09. The average molecular weight is 369 g/mol. The first kappa shape index (κ1) is 18.3. The number of benzene rings is 2. The fraction of sp³-hybridized carbons (Fsp3) is 0.500. The van der Waals surface area contributed by atoms with Crippen molar-refractivity contribution in [1.82, 2.24) is 5.32 Å². The lowest BCUT2D eigenvalue weighted by atomic mass is 9.94. The Morgan fingerprint density at radius 1 is 1.19 bits per heavy atom. The van der Waals surface area contributed by atoms with Crippen molar-refractivity contribution in [2.45, 2.75) is 50.9 Å². The van der Waals surface area contributed by atoms with Crippen LogP contribution in [0.25, 0.3) is 10.8 Å². The molecule has 1 heterocycles. The molecule has 1 aliphatic heterocycles. The number of hydrogen-bond donors (Lipinski definition) is 1. The van der Waals surface area contributed by atoms with Gasteiger partial charge in [0.2, 0.25) is 0 Å². The molecule has 0 bridgehead atoms. The predicted octanol–water partition coefficient (Wildman–Crippen LogP) is 4.04. The maximum atomic E-state index is 13.0. The van der Waals surface area contributed by atoms with Crippen LogP contribution in [0.1, 0.15) is 49.4 Å². The molecule has 0 aromatic heterocycles. The molecule has 1 atom stereocenters. The lowest BCUT2D eigenvalue weighted by Crippen LogP contribution is -2.37. The number of ether oxygens (including phenoxy) is 3. The summed E-state index contributed by atoms with van der Waals surface area (Å²) in [6, 6.07) is 11.7. The van der Waals surface area contributed by atoms with E-state index in [0.29, 0.717) is 31.1 Å². The van der Waals surface area contributed by atoms with E-state index in [9.17, 15) is 4.79 Å². The second kappa shape index (κ2) is 7.87. The molecule has 144 valence electrons. The third-order valence-corrected chi connectivity index (χ3v) is 5.44. The summed E-state index contributed by atoms with van der Waals surface area (Å²) >= 11 is 0. The first-order valence-electron chi connectivity index (χ1n) is 9.95. The number of fused-ring (bicyclic) bond motifs is 1. The monoisotopic (exact) mass is 369 g/mol. The van der Waals surface area contributed by atoms with Gasteiger partial charge in [0.05, 0.1) is 18.8 Å². The van der Waals surface area contributed by atoms with E-state index >= 15 is 0 Å². The van der Waals surface area contributed by atoms with Crippen LogP contribution in [0.5, 0.6) is 5.75 Å². The van der Waals surface area contributed by atoms with Gasteiger partial charge in [-0.3, -0.25) is 4.79 Å². The zero-order chi connectivity index (χ0) is 18.7. The van der Waals surface area contributed by atoms with Crippen LogP contribution < -0.4 is 10.1 Å². The van der Waals surface area contributed by atoms with Crippen LogP contribution in [0.3, 0.4) is 0 Å². The van der Waals surface area contributed by atoms with Gasteiger partial charge in [0.25, 0.3) is 5.91 Å². The Bertz CT molecular complexity index is 813. The third kappa shape index (κ3) is 3.80. The minimum atomic E-state index is -0.413. The molecule has 5 nitrogen and oxygen atoms in total. The van der Waals surface area contributed by atoms with Gasteiger partial charge in [0.1, 0.15) is 11.9 Å². The number of hydrogen-bond acceptors (Lipinski definition) is 4. The van der Waals surface area contributed by atoms with E-state index in [1.165, 1.54) is 6.42 Å². The summed E-state index contributed by atoms with van der Waals surface area (Å²) in [6.07, 6.45) is 5.35. The molecular formula is C22H27NO4. The number of amides is 1. The van der Waals surface area contributed by atoms with Gasteiger partial charge in [-0.1, -0.05) is 36.8 Å². The van der Waals surface area contributed by atoms with Gasteiger partial charge >= 0.3 is 0 Å². The van der Waals surface area contributed by atoms with Crippen LogP contribution >= 0.6 is 0 Å². The highest BCUT2D eigenvalue weighted by molar-refractivity contribution is 6.09. The van der Waals surface area contributed by atoms with Crippen molar-refractivity contribution in [3.8, 4) is 5.75 Å². The molecule has 5 heteroatoms. The fourth-order valence-electron chi connectivity index (χ4n) is 4.13. The molecule has 2 fully saturated rings. The summed E-state index contributed by atoms with van der Waals surface area (Å²) in [7, 11) is 0. The molecule has 2 aromatic rings. The second-order valence-electron chi connectivity index (χ2n) is 7.33. The van der Waals surface area contributed by atoms with Gasteiger partial charge in [-0.2, -0.15) is 0 Å². The van der Waals surface area contributed by atoms with Crippen molar-refractivity contribution < 1.29 is 19.0 Å². The standard InChI is InChI=1S/C22H27NO4/c1-2-25-19-11-10-16-8-4-5-9-18(16)20(19)21(24)23-14-17-15-26-22(27-17)12-6-3-7-13-22/h4-5,8-11,17H,2-3,6-7,12-15H2,1H3,(H,23,24)/t17-/m1/s1. The topological polar surface area (TPSA) is 56.8 Å². The quantitative estimate of drug-likeness (QED) is 0.864. The van der Waals surface area contributed by atoms with E-state index in [0.717, 1.165) is 36.5 Å². The molecule has 27 heavy (non-hydrogen) atoms.